The van der Waals surface area contributed by atoms with E-state index < -0.39 is 10.7 Å². The van der Waals surface area contributed by atoms with Crippen LogP contribution in [-0.4, -0.2) is 39.6 Å². The van der Waals surface area contributed by atoms with Gasteiger partial charge >= 0.3 is 5.82 Å². The van der Waals surface area contributed by atoms with Crippen LogP contribution in [0.3, 0.4) is 0 Å². The van der Waals surface area contributed by atoms with E-state index in [-0.39, 0.29) is 24.2 Å². The van der Waals surface area contributed by atoms with Crippen LogP contribution in [-0.2, 0) is 11.3 Å². The number of carbonyl (C=O) groups is 1. The van der Waals surface area contributed by atoms with Crippen molar-refractivity contribution in [3.8, 4) is 5.75 Å². The molecule has 1 unspecified atom stereocenters. The van der Waals surface area contributed by atoms with Crippen molar-refractivity contribution >= 4 is 11.6 Å². The average Bonchev–Trinajstić information content (AvgIpc) is 3.23. The molecule has 1 saturated heterocycles. The van der Waals surface area contributed by atoms with Crippen LogP contribution in [0.1, 0.15) is 34.6 Å². The minimum atomic E-state index is -0.632. The molecule has 1 fully saturated rings. The molecule has 1 atom stereocenters. The van der Waals surface area contributed by atoms with Gasteiger partial charge in [0.1, 0.15) is 6.20 Å². The summed E-state index contributed by atoms with van der Waals surface area (Å²) >= 11 is 0. The number of pyridine rings is 1. The number of hydrogen-bond donors (Lipinski definition) is 0. The number of rotatable bonds is 7. The number of Topliss-reactive ketones (excluding diaryl/α,β-unsaturated/α-hetero) is 1. The highest BCUT2D eigenvalue weighted by Gasteiger charge is 2.22. The lowest BCUT2D eigenvalue weighted by atomic mass is 10.1. The molecule has 2 aromatic heterocycles. The number of ketones is 1. The molecule has 1 aliphatic heterocycles. The zero-order valence-electron chi connectivity index (χ0n) is 14.8. The third-order valence-corrected chi connectivity index (χ3v) is 4.57. The lowest BCUT2D eigenvalue weighted by Gasteiger charge is -2.14. The van der Waals surface area contributed by atoms with Crippen molar-refractivity contribution in [3.63, 3.8) is 0 Å². The third-order valence-electron chi connectivity index (χ3n) is 4.57. The molecule has 3 rings (SSSR count). The van der Waals surface area contributed by atoms with Gasteiger partial charge in [-0.3, -0.25) is 4.79 Å². The summed E-state index contributed by atoms with van der Waals surface area (Å²) in [6.45, 7) is 5.07. The van der Waals surface area contributed by atoms with Gasteiger partial charge in [-0.05, 0) is 54.8 Å². The van der Waals surface area contributed by atoms with Gasteiger partial charge in [-0.2, -0.15) is 0 Å². The zero-order chi connectivity index (χ0) is 18.7. The zero-order valence-corrected chi connectivity index (χ0v) is 14.8. The first kappa shape index (κ1) is 18.1. The molecule has 2 aromatic rings. The van der Waals surface area contributed by atoms with Crippen LogP contribution in [0.25, 0.3) is 0 Å². The predicted molar refractivity (Wildman–Crippen MR) is 93.6 cm³/mol. The standard InChI is InChI=1S/C18H21N3O5/c1-12-9-15(13(2)20(12)10-14-5-4-8-25-14)16(22)11-26-17-6-3-7-19-18(17)21(23)24/h3,6-7,9,14H,4-5,8,10-11H2,1-2H3. The van der Waals surface area contributed by atoms with Crippen molar-refractivity contribution in [2.45, 2.75) is 39.3 Å². The second-order valence-corrected chi connectivity index (χ2v) is 6.32. The number of nitrogens with zero attached hydrogens (tertiary/aromatic N) is 3. The van der Waals surface area contributed by atoms with Gasteiger partial charge in [0.2, 0.25) is 11.5 Å². The smallest absolute Gasteiger partial charge is 0.406 e. The average molecular weight is 359 g/mol. The Balaban J connectivity index is 1.71. The van der Waals surface area contributed by atoms with E-state index in [9.17, 15) is 14.9 Å². The minimum Gasteiger partial charge on any atom is -0.477 e. The Hall–Kier alpha value is -2.74. The Morgan fingerprint density at radius 2 is 2.31 bits per heavy atom. The summed E-state index contributed by atoms with van der Waals surface area (Å²) in [5.74, 6) is -0.641. The van der Waals surface area contributed by atoms with Crippen molar-refractivity contribution in [2.75, 3.05) is 13.2 Å². The molecule has 26 heavy (non-hydrogen) atoms. The van der Waals surface area contributed by atoms with Gasteiger partial charge < -0.3 is 24.2 Å². The summed E-state index contributed by atoms with van der Waals surface area (Å²) in [5, 5.41) is 11.0. The second kappa shape index (κ2) is 7.65. The number of aromatic nitrogens is 2. The van der Waals surface area contributed by atoms with Crippen LogP contribution >= 0.6 is 0 Å². The summed E-state index contributed by atoms with van der Waals surface area (Å²) in [6, 6.07) is 4.78. The molecule has 0 aliphatic carbocycles. The molecule has 0 bridgehead atoms. The maximum absolute atomic E-state index is 12.6. The van der Waals surface area contributed by atoms with Crippen LogP contribution in [0, 0.1) is 24.0 Å². The number of carbonyl (C=O) groups excluding carboxylic acids is 1. The van der Waals surface area contributed by atoms with Gasteiger partial charge in [0.25, 0.3) is 0 Å². The molecule has 0 spiro atoms. The van der Waals surface area contributed by atoms with Crippen molar-refractivity contribution in [3.05, 3.63) is 51.5 Å². The lowest BCUT2D eigenvalue weighted by Crippen LogP contribution is -2.18. The molecule has 8 heteroatoms. The van der Waals surface area contributed by atoms with Gasteiger partial charge in [-0.1, -0.05) is 0 Å². The fourth-order valence-corrected chi connectivity index (χ4v) is 3.21. The van der Waals surface area contributed by atoms with Crippen LogP contribution in [0.2, 0.25) is 0 Å². The van der Waals surface area contributed by atoms with Crippen molar-refractivity contribution in [1.82, 2.24) is 9.55 Å². The van der Waals surface area contributed by atoms with E-state index >= 15 is 0 Å². The number of aryl methyl sites for hydroxylation is 1. The van der Waals surface area contributed by atoms with Crippen molar-refractivity contribution in [2.24, 2.45) is 0 Å². The number of hydrogen-bond acceptors (Lipinski definition) is 6. The van der Waals surface area contributed by atoms with E-state index in [1.807, 2.05) is 19.9 Å². The van der Waals surface area contributed by atoms with Crippen LogP contribution in [0.15, 0.2) is 24.4 Å². The Morgan fingerprint density at radius 1 is 1.50 bits per heavy atom. The molecule has 0 aromatic carbocycles. The molecule has 0 N–H and O–H groups in total. The van der Waals surface area contributed by atoms with Gasteiger partial charge in [0.15, 0.2) is 6.61 Å². The first-order chi connectivity index (χ1) is 12.5. The molecule has 8 nitrogen and oxygen atoms in total. The van der Waals surface area contributed by atoms with Gasteiger partial charge in [0.05, 0.1) is 6.10 Å². The van der Waals surface area contributed by atoms with E-state index in [1.54, 1.807) is 0 Å². The lowest BCUT2D eigenvalue weighted by molar-refractivity contribution is -0.390. The third kappa shape index (κ3) is 3.75. The van der Waals surface area contributed by atoms with Crippen molar-refractivity contribution in [1.29, 1.82) is 0 Å². The molecular weight excluding hydrogens is 338 g/mol. The Morgan fingerprint density at radius 3 is 3.00 bits per heavy atom. The van der Waals surface area contributed by atoms with Gasteiger partial charge in [0, 0.05) is 30.1 Å². The monoisotopic (exact) mass is 359 g/mol. The maximum atomic E-state index is 12.6. The number of ether oxygens (including phenoxy) is 2. The summed E-state index contributed by atoms with van der Waals surface area (Å²) in [5.41, 5.74) is 2.40. The highest BCUT2D eigenvalue weighted by molar-refractivity contribution is 5.98. The molecule has 0 amide bonds. The van der Waals surface area contributed by atoms with E-state index in [4.69, 9.17) is 9.47 Å². The fourth-order valence-electron chi connectivity index (χ4n) is 3.21. The Labute approximate surface area is 150 Å². The van der Waals surface area contributed by atoms with Gasteiger partial charge in [-0.15, -0.1) is 0 Å². The molecule has 3 heterocycles. The summed E-state index contributed by atoms with van der Waals surface area (Å²) in [7, 11) is 0. The van der Waals surface area contributed by atoms with Crippen LogP contribution in [0.4, 0.5) is 5.82 Å². The van der Waals surface area contributed by atoms with Gasteiger partial charge in [-0.25, -0.2) is 0 Å². The second-order valence-electron chi connectivity index (χ2n) is 6.32. The largest absolute Gasteiger partial charge is 0.477 e. The molecule has 0 saturated carbocycles. The fraction of sp³-hybridized carbons (Fsp3) is 0.444. The normalized spacial score (nSPS) is 16.6. The van der Waals surface area contributed by atoms with E-state index in [1.165, 1.54) is 18.3 Å². The Bertz CT molecular complexity index is 824. The highest BCUT2D eigenvalue weighted by atomic mass is 16.6. The highest BCUT2D eigenvalue weighted by Crippen LogP contribution is 2.24. The summed E-state index contributed by atoms with van der Waals surface area (Å²) < 4.78 is 13.1. The first-order valence-corrected chi connectivity index (χ1v) is 8.51. The van der Waals surface area contributed by atoms with Crippen molar-refractivity contribution < 1.29 is 19.2 Å². The topological polar surface area (TPSA) is 96.5 Å². The molecular formula is C18H21N3O5. The maximum Gasteiger partial charge on any atom is 0.406 e. The molecule has 1 aliphatic rings. The van der Waals surface area contributed by atoms with E-state index in [0.29, 0.717) is 5.56 Å². The Kier molecular flexibility index (Phi) is 5.32. The van der Waals surface area contributed by atoms with Crippen LogP contribution < -0.4 is 4.74 Å². The first-order valence-electron chi connectivity index (χ1n) is 8.51. The minimum absolute atomic E-state index is 0.0148. The quantitative estimate of drug-likeness (QED) is 0.428. The summed E-state index contributed by atoms with van der Waals surface area (Å²) in [4.78, 5) is 26.6. The number of nitro groups is 1. The van der Waals surface area contributed by atoms with E-state index in [2.05, 4.69) is 9.55 Å². The SMILES string of the molecule is Cc1cc(C(=O)COc2cccnc2[N+](=O)[O-])c(C)n1CC1CCCO1. The van der Waals surface area contributed by atoms with E-state index in [0.717, 1.165) is 37.4 Å². The molecule has 0 radical (unpaired) electrons. The molecule has 138 valence electrons. The van der Waals surface area contributed by atoms with Crippen LogP contribution in [0.5, 0.6) is 5.75 Å². The predicted octanol–water partition coefficient (Wildman–Crippen LogP) is 2.85. The summed E-state index contributed by atoms with van der Waals surface area (Å²) in [6.07, 6.45) is 3.57.